The Hall–Kier alpha value is -2.97. The molecule has 0 aliphatic carbocycles. The fraction of sp³-hybridized carbons (Fsp3) is 0.581. The number of rotatable bonds is 8. The standard InChI is InChI=1S/C31H41N3O5/c1-5-30-15-11-17-32(4)27(36)23(30)24-28(37)34(18-8-6-7-9-20-35)26-29(38)33(19-12-16-31(24,26)39-30)25-21(2)13-10-14-22(25)3/h10-16,23-24,26,35H,5-9,17-20H2,1-4H3/t23-,24-,26?,30+,31-/m0/s1. The second kappa shape index (κ2) is 10.5. The van der Waals surface area contributed by atoms with Gasteiger partial charge < -0.3 is 24.5 Å². The van der Waals surface area contributed by atoms with Crippen LogP contribution < -0.4 is 4.90 Å². The van der Waals surface area contributed by atoms with Gasteiger partial charge in [-0.3, -0.25) is 14.4 Å². The predicted molar refractivity (Wildman–Crippen MR) is 149 cm³/mol. The summed E-state index contributed by atoms with van der Waals surface area (Å²) in [6.45, 7) is 7.35. The minimum atomic E-state index is -1.23. The molecule has 1 N–H and O–H groups in total. The summed E-state index contributed by atoms with van der Waals surface area (Å²) in [5, 5.41) is 9.18. The largest absolute Gasteiger partial charge is 0.396 e. The lowest BCUT2D eigenvalue weighted by molar-refractivity contribution is -0.149. The molecule has 2 fully saturated rings. The summed E-state index contributed by atoms with van der Waals surface area (Å²) in [5.74, 6) is -1.95. The van der Waals surface area contributed by atoms with Gasteiger partial charge >= 0.3 is 0 Å². The molecule has 4 aliphatic heterocycles. The van der Waals surface area contributed by atoms with Gasteiger partial charge in [0.05, 0.1) is 17.4 Å². The van der Waals surface area contributed by atoms with Gasteiger partial charge in [0.2, 0.25) is 11.8 Å². The van der Waals surface area contributed by atoms with Crippen LogP contribution in [0.2, 0.25) is 0 Å². The number of anilines is 1. The van der Waals surface area contributed by atoms with E-state index in [0.717, 1.165) is 29.7 Å². The number of benzene rings is 1. The molecule has 1 aromatic rings. The van der Waals surface area contributed by atoms with Gasteiger partial charge in [-0.05, 0) is 44.2 Å². The van der Waals surface area contributed by atoms with E-state index >= 15 is 0 Å². The van der Waals surface area contributed by atoms with E-state index in [-0.39, 0.29) is 24.3 Å². The number of hydrogen-bond acceptors (Lipinski definition) is 5. The molecule has 8 heteroatoms. The number of aliphatic hydroxyl groups excluding tert-OH is 1. The second-order valence-corrected chi connectivity index (χ2v) is 11.5. The number of aliphatic hydroxyl groups is 1. The van der Waals surface area contributed by atoms with Crippen LogP contribution in [0.1, 0.15) is 50.2 Å². The fourth-order valence-corrected chi connectivity index (χ4v) is 7.30. The average Bonchev–Trinajstić information content (AvgIpc) is 3.21. The van der Waals surface area contributed by atoms with E-state index in [9.17, 15) is 19.5 Å². The third-order valence-electron chi connectivity index (χ3n) is 9.16. The Bertz CT molecular complexity index is 1190. The smallest absolute Gasteiger partial charge is 0.253 e. The van der Waals surface area contributed by atoms with E-state index in [1.54, 1.807) is 21.7 Å². The number of carbonyl (C=O) groups is 3. The maximum Gasteiger partial charge on any atom is 0.253 e. The Morgan fingerprint density at radius 2 is 1.62 bits per heavy atom. The molecule has 39 heavy (non-hydrogen) atoms. The van der Waals surface area contributed by atoms with Gasteiger partial charge in [0.1, 0.15) is 11.6 Å². The molecule has 4 aliphatic rings. The molecular formula is C31H41N3O5. The minimum absolute atomic E-state index is 0.114. The van der Waals surface area contributed by atoms with Crippen molar-refractivity contribution in [3.05, 3.63) is 53.6 Å². The van der Waals surface area contributed by atoms with Crippen molar-refractivity contribution in [2.45, 2.75) is 70.1 Å². The van der Waals surface area contributed by atoms with Gasteiger partial charge in [0.25, 0.3) is 5.91 Å². The van der Waals surface area contributed by atoms with Crippen LogP contribution in [-0.4, -0.2) is 83.2 Å². The van der Waals surface area contributed by atoms with Crippen molar-refractivity contribution in [3.63, 3.8) is 0 Å². The highest BCUT2D eigenvalue weighted by molar-refractivity contribution is 6.06. The van der Waals surface area contributed by atoms with E-state index in [1.165, 1.54) is 0 Å². The van der Waals surface area contributed by atoms with Gasteiger partial charge in [-0.2, -0.15) is 0 Å². The van der Waals surface area contributed by atoms with Gasteiger partial charge in [-0.25, -0.2) is 0 Å². The number of para-hydroxylation sites is 1. The molecule has 0 radical (unpaired) electrons. The van der Waals surface area contributed by atoms with Gasteiger partial charge in [0, 0.05) is 39.0 Å². The first-order valence-corrected chi connectivity index (χ1v) is 14.3. The molecule has 1 aromatic carbocycles. The van der Waals surface area contributed by atoms with E-state index in [0.29, 0.717) is 38.9 Å². The summed E-state index contributed by atoms with van der Waals surface area (Å²) in [4.78, 5) is 48.0. The van der Waals surface area contributed by atoms with E-state index in [4.69, 9.17) is 4.74 Å². The third-order valence-corrected chi connectivity index (χ3v) is 9.16. The Labute approximate surface area is 231 Å². The van der Waals surface area contributed by atoms with Crippen LogP contribution in [0.15, 0.2) is 42.5 Å². The van der Waals surface area contributed by atoms with Crippen molar-refractivity contribution in [3.8, 4) is 0 Å². The summed E-state index contributed by atoms with van der Waals surface area (Å²) in [7, 11) is 1.76. The lowest BCUT2D eigenvalue weighted by Gasteiger charge is -2.38. The van der Waals surface area contributed by atoms with Gasteiger partial charge in [0.15, 0.2) is 0 Å². The molecule has 0 saturated carbocycles. The zero-order valence-electron chi connectivity index (χ0n) is 23.6. The second-order valence-electron chi connectivity index (χ2n) is 11.5. The van der Waals surface area contributed by atoms with Crippen molar-refractivity contribution < 1.29 is 24.2 Å². The molecule has 0 bridgehead atoms. The zero-order chi connectivity index (χ0) is 27.9. The highest BCUT2D eigenvalue weighted by Gasteiger charge is 2.75. The number of fused-ring (bicyclic) bond motifs is 2. The van der Waals surface area contributed by atoms with E-state index in [1.807, 2.05) is 63.3 Å². The number of likely N-dealkylation sites (tertiary alicyclic amines) is 1. The number of ether oxygens (including phenoxy) is 1. The maximum atomic E-state index is 14.6. The monoisotopic (exact) mass is 535 g/mol. The highest BCUT2D eigenvalue weighted by atomic mass is 16.5. The number of carbonyl (C=O) groups excluding carboxylic acids is 3. The molecule has 2 saturated heterocycles. The normalized spacial score (nSPS) is 31.9. The number of unbranched alkanes of at least 4 members (excludes halogenated alkanes) is 3. The van der Waals surface area contributed by atoms with Crippen molar-refractivity contribution in [1.82, 2.24) is 9.80 Å². The molecule has 3 amide bonds. The van der Waals surface area contributed by atoms with Crippen LogP contribution >= 0.6 is 0 Å². The van der Waals surface area contributed by atoms with Crippen LogP contribution in [-0.2, 0) is 19.1 Å². The van der Waals surface area contributed by atoms with Crippen molar-refractivity contribution in [1.29, 1.82) is 0 Å². The summed E-state index contributed by atoms with van der Waals surface area (Å²) >= 11 is 0. The predicted octanol–water partition coefficient (Wildman–Crippen LogP) is 3.15. The van der Waals surface area contributed by atoms with Gasteiger partial charge in [-0.1, -0.05) is 62.3 Å². The third kappa shape index (κ3) is 4.23. The zero-order valence-corrected chi connectivity index (χ0v) is 23.6. The van der Waals surface area contributed by atoms with Crippen LogP contribution in [0.5, 0.6) is 0 Å². The summed E-state index contributed by atoms with van der Waals surface area (Å²) < 4.78 is 6.99. The summed E-state index contributed by atoms with van der Waals surface area (Å²) in [6, 6.07) is 5.11. The maximum absolute atomic E-state index is 14.6. The van der Waals surface area contributed by atoms with Crippen molar-refractivity contribution in [2.24, 2.45) is 11.8 Å². The Morgan fingerprint density at radius 1 is 0.923 bits per heavy atom. The van der Waals surface area contributed by atoms with Crippen LogP contribution in [0, 0.1) is 25.7 Å². The number of aryl methyl sites for hydroxylation is 2. The average molecular weight is 536 g/mol. The lowest BCUT2D eigenvalue weighted by Crippen LogP contribution is -2.56. The number of likely N-dealkylation sites (N-methyl/N-ethyl adjacent to an activating group) is 1. The summed E-state index contributed by atoms with van der Waals surface area (Å²) in [5.41, 5.74) is 0.657. The fourth-order valence-electron chi connectivity index (χ4n) is 7.30. The van der Waals surface area contributed by atoms with E-state index in [2.05, 4.69) is 0 Å². The molecule has 210 valence electrons. The first-order valence-electron chi connectivity index (χ1n) is 14.3. The van der Waals surface area contributed by atoms with Crippen molar-refractivity contribution in [2.75, 3.05) is 38.2 Å². The molecular weight excluding hydrogens is 494 g/mol. The van der Waals surface area contributed by atoms with Crippen LogP contribution in [0.4, 0.5) is 5.69 Å². The van der Waals surface area contributed by atoms with Crippen molar-refractivity contribution >= 4 is 23.4 Å². The topological polar surface area (TPSA) is 90.4 Å². The highest BCUT2D eigenvalue weighted by Crippen LogP contribution is 2.58. The Morgan fingerprint density at radius 3 is 2.31 bits per heavy atom. The van der Waals surface area contributed by atoms with E-state index < -0.39 is 29.1 Å². The molecule has 4 heterocycles. The Kier molecular flexibility index (Phi) is 7.46. The molecule has 1 spiro atoms. The molecule has 0 aromatic heterocycles. The van der Waals surface area contributed by atoms with Crippen LogP contribution in [0.3, 0.4) is 0 Å². The number of nitrogens with zero attached hydrogens (tertiary/aromatic N) is 3. The first kappa shape index (κ1) is 27.6. The Balaban J connectivity index is 1.62. The van der Waals surface area contributed by atoms with Gasteiger partial charge in [-0.15, -0.1) is 0 Å². The quantitative estimate of drug-likeness (QED) is 0.408. The SMILES string of the molecule is CC[C@@]12C=CCN(C)C(=O)[C@@H]1[C@H]1C(=O)N(CCCCCCO)C3C(=O)N(c4c(C)cccc4C)CC=C[C@@]31O2. The number of hydrogen-bond donors (Lipinski definition) is 1. The lowest BCUT2D eigenvalue weighted by atomic mass is 9.73. The minimum Gasteiger partial charge on any atom is -0.396 e. The molecule has 5 atom stereocenters. The number of amides is 3. The molecule has 1 unspecified atom stereocenters. The molecule has 5 rings (SSSR count). The first-order chi connectivity index (χ1) is 18.7. The molecule has 8 nitrogen and oxygen atoms in total. The van der Waals surface area contributed by atoms with Crippen LogP contribution in [0.25, 0.3) is 0 Å². The summed E-state index contributed by atoms with van der Waals surface area (Å²) in [6.07, 6.45) is 11.4.